The maximum atomic E-state index is 14.0. The fourth-order valence-corrected chi connectivity index (χ4v) is 5.70. The van der Waals surface area contributed by atoms with Crippen molar-refractivity contribution in [3.8, 4) is 0 Å². The van der Waals surface area contributed by atoms with Crippen LogP contribution in [-0.4, -0.2) is 30.0 Å². The van der Waals surface area contributed by atoms with E-state index in [0.717, 1.165) is 5.56 Å². The third-order valence-electron chi connectivity index (χ3n) is 5.74. The van der Waals surface area contributed by atoms with Crippen molar-refractivity contribution in [3.63, 3.8) is 0 Å². The number of nitrogens with one attached hydrogen (secondary N) is 1. The molecule has 1 N–H and O–H groups in total. The molecule has 0 radical (unpaired) electrons. The zero-order chi connectivity index (χ0) is 23.2. The quantitative estimate of drug-likeness (QED) is 0.637. The van der Waals surface area contributed by atoms with E-state index in [-0.39, 0.29) is 24.1 Å². The van der Waals surface area contributed by atoms with Crippen molar-refractivity contribution in [2.45, 2.75) is 11.8 Å². The molecule has 6 nitrogen and oxygen atoms in total. The molecule has 0 saturated carbocycles. The number of para-hydroxylation sites is 1. The molecule has 1 saturated heterocycles. The summed E-state index contributed by atoms with van der Waals surface area (Å²) in [5, 5.41) is 2.80. The summed E-state index contributed by atoms with van der Waals surface area (Å²) in [4.78, 5) is 41.1. The maximum absolute atomic E-state index is 14.0. The fourth-order valence-electron chi connectivity index (χ4n) is 4.35. The van der Waals surface area contributed by atoms with Crippen molar-refractivity contribution in [3.05, 3.63) is 89.7 Å². The Morgan fingerprint density at radius 3 is 2.61 bits per heavy atom. The van der Waals surface area contributed by atoms with Crippen LogP contribution in [0.2, 0.25) is 0 Å². The van der Waals surface area contributed by atoms with Gasteiger partial charge in [0.1, 0.15) is 12.4 Å². The van der Waals surface area contributed by atoms with Crippen LogP contribution in [0.15, 0.2) is 72.8 Å². The Balaban J connectivity index is 1.56. The molecule has 33 heavy (non-hydrogen) atoms. The van der Waals surface area contributed by atoms with Crippen molar-refractivity contribution in [2.75, 3.05) is 27.4 Å². The van der Waals surface area contributed by atoms with Crippen LogP contribution in [0.5, 0.6) is 0 Å². The minimum Gasteiger partial charge on any atom is -0.325 e. The van der Waals surface area contributed by atoms with Gasteiger partial charge in [-0.2, -0.15) is 0 Å². The molecule has 1 spiro atoms. The zero-order valence-electron chi connectivity index (χ0n) is 17.7. The summed E-state index contributed by atoms with van der Waals surface area (Å²) in [6.07, 6.45) is 0. The van der Waals surface area contributed by atoms with Gasteiger partial charge < -0.3 is 5.32 Å². The first-order valence-corrected chi connectivity index (χ1v) is 11.4. The number of halogens is 1. The van der Waals surface area contributed by atoms with Crippen LogP contribution in [0.25, 0.3) is 0 Å². The highest BCUT2D eigenvalue weighted by atomic mass is 32.2. The van der Waals surface area contributed by atoms with E-state index in [1.54, 1.807) is 36.4 Å². The molecule has 2 aliphatic rings. The Bertz CT molecular complexity index is 1280. The molecule has 2 aliphatic heterocycles. The van der Waals surface area contributed by atoms with Gasteiger partial charge in [-0.05, 0) is 43.3 Å². The molecule has 0 aromatic heterocycles. The number of carbonyl (C=O) groups excluding carboxylic acids is 3. The Morgan fingerprint density at radius 1 is 1.06 bits per heavy atom. The molecule has 1 fully saturated rings. The maximum Gasteiger partial charge on any atom is 0.269 e. The molecule has 3 aromatic rings. The number of anilines is 3. The van der Waals surface area contributed by atoms with Crippen LogP contribution in [0.3, 0.4) is 0 Å². The average Bonchev–Trinajstić information content (AvgIpc) is 3.25. The standard InChI is InChI=1S/C25H20FN3O3S/c1-16-10-11-21-20(12-16)25(29(23(31)15-33-25)19-9-5-6-17(26)13-19)24(32)28(21)14-22(30)27-18-7-3-2-4-8-18/h2-13H,14-15H2,1H3,(H,27,30)/t25-/m1/s1. The van der Waals surface area contributed by atoms with Crippen LogP contribution < -0.4 is 15.1 Å². The summed E-state index contributed by atoms with van der Waals surface area (Å²) in [5.74, 6) is -1.47. The summed E-state index contributed by atoms with van der Waals surface area (Å²) in [6.45, 7) is 1.69. The average molecular weight is 462 g/mol. The van der Waals surface area contributed by atoms with Gasteiger partial charge in [0.2, 0.25) is 16.7 Å². The minimum absolute atomic E-state index is 0.0691. The van der Waals surface area contributed by atoms with Crippen molar-refractivity contribution in [1.29, 1.82) is 0 Å². The van der Waals surface area contributed by atoms with Crippen LogP contribution >= 0.6 is 11.8 Å². The normalized spacial score (nSPS) is 19.3. The predicted molar refractivity (Wildman–Crippen MR) is 127 cm³/mol. The second kappa shape index (κ2) is 8.04. The molecule has 2 heterocycles. The zero-order valence-corrected chi connectivity index (χ0v) is 18.6. The van der Waals surface area contributed by atoms with Gasteiger partial charge in [0.05, 0.1) is 11.4 Å². The fraction of sp³-hybridized carbons (Fsp3) is 0.160. The largest absolute Gasteiger partial charge is 0.325 e. The summed E-state index contributed by atoms with van der Waals surface area (Å²) < 4.78 is 14.0. The van der Waals surface area contributed by atoms with E-state index in [4.69, 9.17) is 0 Å². The molecule has 0 aliphatic carbocycles. The highest BCUT2D eigenvalue weighted by Crippen LogP contribution is 2.55. The molecule has 0 unspecified atom stereocenters. The first-order valence-electron chi connectivity index (χ1n) is 10.4. The SMILES string of the molecule is Cc1ccc2c(c1)[C@@]1(SCC(=O)N1c1cccc(F)c1)C(=O)N2CC(=O)Nc1ccccc1. The van der Waals surface area contributed by atoms with Gasteiger partial charge in [-0.3, -0.25) is 24.2 Å². The predicted octanol–water partition coefficient (Wildman–Crippen LogP) is 4.05. The van der Waals surface area contributed by atoms with Crippen LogP contribution in [0, 0.1) is 12.7 Å². The number of carbonyl (C=O) groups is 3. The van der Waals surface area contributed by atoms with E-state index in [1.165, 1.54) is 39.8 Å². The van der Waals surface area contributed by atoms with Crippen molar-refractivity contribution >= 4 is 46.5 Å². The van der Waals surface area contributed by atoms with Gasteiger partial charge in [0, 0.05) is 16.9 Å². The van der Waals surface area contributed by atoms with Gasteiger partial charge in [-0.25, -0.2) is 4.39 Å². The summed E-state index contributed by atoms with van der Waals surface area (Å²) in [5.41, 5.74) is 3.04. The molecular weight excluding hydrogens is 441 g/mol. The van der Waals surface area contributed by atoms with Crippen LogP contribution in [-0.2, 0) is 19.3 Å². The molecule has 3 aromatic carbocycles. The van der Waals surface area contributed by atoms with Crippen molar-refractivity contribution < 1.29 is 18.8 Å². The van der Waals surface area contributed by atoms with E-state index in [2.05, 4.69) is 5.32 Å². The molecule has 166 valence electrons. The first kappa shape index (κ1) is 21.2. The lowest BCUT2D eigenvalue weighted by molar-refractivity contribution is -0.124. The van der Waals surface area contributed by atoms with Crippen LogP contribution in [0.1, 0.15) is 11.1 Å². The van der Waals surface area contributed by atoms with Crippen molar-refractivity contribution in [1.82, 2.24) is 0 Å². The number of hydrogen-bond acceptors (Lipinski definition) is 4. The van der Waals surface area contributed by atoms with Crippen LogP contribution in [0.4, 0.5) is 21.5 Å². The molecule has 3 amide bonds. The molecular formula is C25H20FN3O3S. The van der Waals surface area contributed by atoms with E-state index >= 15 is 0 Å². The number of aryl methyl sites for hydroxylation is 1. The van der Waals surface area contributed by atoms with E-state index in [0.29, 0.717) is 22.6 Å². The molecule has 1 atom stereocenters. The van der Waals surface area contributed by atoms with Gasteiger partial charge in [0.15, 0.2) is 0 Å². The van der Waals surface area contributed by atoms with E-state index < -0.39 is 16.6 Å². The van der Waals surface area contributed by atoms with Crippen molar-refractivity contribution in [2.24, 2.45) is 0 Å². The number of nitrogens with zero attached hydrogens (tertiary/aromatic N) is 2. The van der Waals surface area contributed by atoms with Gasteiger partial charge >= 0.3 is 0 Å². The van der Waals surface area contributed by atoms with Gasteiger partial charge in [-0.15, -0.1) is 11.8 Å². The van der Waals surface area contributed by atoms with E-state index in [9.17, 15) is 18.8 Å². The summed E-state index contributed by atoms with van der Waals surface area (Å²) in [6, 6.07) is 20.2. The highest BCUT2D eigenvalue weighted by molar-refractivity contribution is 8.02. The smallest absolute Gasteiger partial charge is 0.269 e. The number of hydrogen-bond donors (Lipinski definition) is 1. The Kier molecular flexibility index (Phi) is 5.17. The lowest BCUT2D eigenvalue weighted by Gasteiger charge is -2.33. The molecule has 0 bridgehead atoms. The number of fused-ring (bicyclic) bond motifs is 2. The number of rotatable bonds is 4. The van der Waals surface area contributed by atoms with E-state index in [1.807, 2.05) is 25.1 Å². The first-order chi connectivity index (χ1) is 15.9. The Hall–Kier alpha value is -3.65. The monoisotopic (exact) mass is 461 g/mol. The van der Waals surface area contributed by atoms with Gasteiger partial charge in [-0.1, -0.05) is 42.0 Å². The topological polar surface area (TPSA) is 69.7 Å². The number of amides is 3. The number of benzene rings is 3. The molecule has 5 rings (SSSR count). The summed E-state index contributed by atoms with van der Waals surface area (Å²) in [7, 11) is 0. The third-order valence-corrected chi connectivity index (χ3v) is 7.12. The Morgan fingerprint density at radius 2 is 1.85 bits per heavy atom. The third kappa shape index (κ3) is 3.47. The lowest BCUT2D eigenvalue weighted by Crippen LogP contribution is -2.51. The number of thioether (sulfide) groups is 1. The highest BCUT2D eigenvalue weighted by Gasteiger charge is 2.61. The summed E-state index contributed by atoms with van der Waals surface area (Å²) >= 11 is 1.19. The lowest BCUT2D eigenvalue weighted by atomic mass is 10.0. The second-order valence-electron chi connectivity index (χ2n) is 7.97. The molecule has 8 heteroatoms. The Labute approximate surface area is 194 Å². The second-order valence-corrected chi connectivity index (χ2v) is 9.14. The van der Waals surface area contributed by atoms with Gasteiger partial charge in [0.25, 0.3) is 5.91 Å². The minimum atomic E-state index is -1.39.